The Hall–Kier alpha value is -1.59. The summed E-state index contributed by atoms with van der Waals surface area (Å²) in [6.45, 7) is 2.11. The van der Waals surface area contributed by atoms with E-state index in [0.717, 1.165) is 37.6 Å². The molecular weight excluding hydrogens is 318 g/mol. The van der Waals surface area contributed by atoms with E-state index in [1.165, 1.54) is 24.0 Å². The quantitative estimate of drug-likeness (QED) is 0.849. The summed E-state index contributed by atoms with van der Waals surface area (Å²) in [6.07, 6.45) is 3.81. The topological polar surface area (TPSA) is 59.0 Å². The highest BCUT2D eigenvalue weighted by Gasteiger charge is 2.60. The minimum Gasteiger partial charge on any atom is -0.497 e. The van der Waals surface area contributed by atoms with Crippen molar-refractivity contribution in [1.29, 1.82) is 0 Å². The number of piperidine rings is 1. The summed E-state index contributed by atoms with van der Waals surface area (Å²) in [7, 11) is 1.67. The van der Waals surface area contributed by atoms with Crippen LogP contribution >= 0.6 is 0 Å². The molecule has 0 amide bonds. The third kappa shape index (κ3) is 2.32. The number of ether oxygens (including phenoxy) is 2. The molecule has 134 valence electrons. The Bertz CT molecular complexity index is 716. The molecule has 4 unspecified atom stereocenters. The smallest absolute Gasteiger partial charge is 0.309 e. The number of likely N-dealkylation sites (tertiary alicyclic amines) is 1. The van der Waals surface area contributed by atoms with Crippen LogP contribution in [0.15, 0.2) is 18.2 Å². The molecule has 0 spiro atoms. The molecule has 2 aliphatic carbocycles. The van der Waals surface area contributed by atoms with Crippen LogP contribution in [-0.4, -0.2) is 48.5 Å². The van der Waals surface area contributed by atoms with Gasteiger partial charge in [-0.25, -0.2) is 0 Å². The van der Waals surface area contributed by atoms with Crippen LogP contribution in [-0.2, 0) is 21.4 Å². The second-order valence-corrected chi connectivity index (χ2v) is 8.22. The molecule has 2 saturated heterocycles. The molecule has 5 rings (SSSR count). The molecule has 5 nitrogen and oxygen atoms in total. The van der Waals surface area contributed by atoms with E-state index >= 15 is 0 Å². The van der Waals surface area contributed by atoms with E-state index in [1.807, 2.05) is 6.07 Å². The fraction of sp³-hybridized carbons (Fsp3) is 0.650. The highest BCUT2D eigenvalue weighted by Crippen LogP contribution is 2.55. The van der Waals surface area contributed by atoms with Crippen LogP contribution < -0.4 is 4.74 Å². The minimum atomic E-state index is -1.01. The van der Waals surface area contributed by atoms with Crippen LogP contribution in [0.4, 0.5) is 0 Å². The maximum absolute atomic E-state index is 12.2. The highest BCUT2D eigenvalue weighted by atomic mass is 16.6. The molecule has 5 heteroatoms. The molecule has 2 aliphatic heterocycles. The summed E-state index contributed by atoms with van der Waals surface area (Å²) in [5.74, 6) is 1.30. The first-order valence-electron chi connectivity index (χ1n) is 9.40. The van der Waals surface area contributed by atoms with Crippen molar-refractivity contribution in [2.45, 2.75) is 49.9 Å². The van der Waals surface area contributed by atoms with E-state index in [0.29, 0.717) is 6.42 Å². The zero-order valence-electron chi connectivity index (χ0n) is 14.6. The lowest BCUT2D eigenvalue weighted by molar-refractivity contribution is -0.219. The van der Waals surface area contributed by atoms with Crippen LogP contribution in [0.3, 0.4) is 0 Å². The van der Waals surface area contributed by atoms with Crippen molar-refractivity contribution in [1.82, 2.24) is 4.90 Å². The van der Waals surface area contributed by atoms with Gasteiger partial charge in [0.15, 0.2) is 0 Å². The van der Waals surface area contributed by atoms with E-state index in [-0.39, 0.29) is 23.3 Å². The Morgan fingerprint density at radius 3 is 3.00 bits per heavy atom. The SMILES string of the molecule is COc1ccc2c(c1)C13CCN(CC4CC4)C(C2)C1C(O)OC(=O)C3. The van der Waals surface area contributed by atoms with E-state index in [9.17, 15) is 9.90 Å². The lowest BCUT2D eigenvalue weighted by Gasteiger charge is -2.59. The van der Waals surface area contributed by atoms with Crippen molar-refractivity contribution < 1.29 is 19.4 Å². The molecule has 1 N–H and O–H groups in total. The number of hydrogen-bond acceptors (Lipinski definition) is 5. The Balaban J connectivity index is 1.62. The molecule has 3 fully saturated rings. The molecule has 4 aliphatic rings. The number of carbonyl (C=O) groups excluding carboxylic acids is 1. The number of aliphatic hydroxyl groups is 1. The van der Waals surface area contributed by atoms with Crippen molar-refractivity contribution >= 4 is 5.97 Å². The predicted molar refractivity (Wildman–Crippen MR) is 91.3 cm³/mol. The lowest BCUT2D eigenvalue weighted by Crippen LogP contribution is -2.66. The Morgan fingerprint density at radius 1 is 1.40 bits per heavy atom. The maximum Gasteiger partial charge on any atom is 0.309 e. The number of fused-ring (bicyclic) bond motifs is 1. The number of carbonyl (C=O) groups is 1. The Morgan fingerprint density at radius 2 is 2.24 bits per heavy atom. The summed E-state index contributed by atoms with van der Waals surface area (Å²) in [4.78, 5) is 14.8. The van der Waals surface area contributed by atoms with Gasteiger partial charge in [0, 0.05) is 23.9 Å². The van der Waals surface area contributed by atoms with Crippen LogP contribution in [0, 0.1) is 11.8 Å². The second kappa shape index (κ2) is 5.45. The number of aliphatic hydroxyl groups excluding tert-OH is 1. The van der Waals surface area contributed by atoms with Gasteiger partial charge in [0.25, 0.3) is 0 Å². The predicted octanol–water partition coefficient (Wildman–Crippen LogP) is 1.85. The van der Waals surface area contributed by atoms with Crippen molar-refractivity contribution in [3.63, 3.8) is 0 Å². The molecule has 25 heavy (non-hydrogen) atoms. The van der Waals surface area contributed by atoms with Gasteiger partial charge in [-0.1, -0.05) is 6.07 Å². The second-order valence-electron chi connectivity index (χ2n) is 8.22. The van der Waals surface area contributed by atoms with Crippen molar-refractivity contribution in [2.75, 3.05) is 20.2 Å². The zero-order chi connectivity index (χ0) is 17.2. The normalized spacial score (nSPS) is 37.0. The average Bonchev–Trinajstić information content (AvgIpc) is 3.40. The van der Waals surface area contributed by atoms with E-state index < -0.39 is 6.29 Å². The van der Waals surface area contributed by atoms with Crippen molar-refractivity contribution in [3.8, 4) is 5.75 Å². The van der Waals surface area contributed by atoms with Crippen molar-refractivity contribution in [2.24, 2.45) is 11.8 Å². The summed E-state index contributed by atoms with van der Waals surface area (Å²) >= 11 is 0. The molecule has 0 radical (unpaired) electrons. The van der Waals surface area contributed by atoms with Gasteiger partial charge in [0.1, 0.15) is 5.75 Å². The number of hydrogen-bond donors (Lipinski definition) is 1. The van der Waals surface area contributed by atoms with Crippen LogP contribution in [0.1, 0.15) is 36.8 Å². The molecule has 2 heterocycles. The third-order valence-electron chi connectivity index (χ3n) is 6.86. The minimum absolute atomic E-state index is 0.0442. The number of methoxy groups -OCH3 is 1. The maximum atomic E-state index is 12.2. The van der Waals surface area contributed by atoms with E-state index in [4.69, 9.17) is 9.47 Å². The number of rotatable bonds is 3. The van der Waals surface area contributed by atoms with Crippen LogP contribution in [0.25, 0.3) is 0 Å². The van der Waals surface area contributed by atoms with Gasteiger partial charge in [-0.05, 0) is 61.4 Å². The van der Waals surface area contributed by atoms with Gasteiger partial charge in [-0.3, -0.25) is 9.69 Å². The van der Waals surface area contributed by atoms with Gasteiger partial charge in [-0.15, -0.1) is 0 Å². The standard InChI is InChI=1S/C20H25NO4/c1-24-14-5-4-13-8-16-18-19(23)25-17(22)10-20(18,15(13)9-14)6-7-21(16)11-12-2-3-12/h4-5,9,12,16,18-19,23H,2-3,6-8,10-11H2,1H3. The fourth-order valence-corrected chi connectivity index (χ4v) is 5.52. The van der Waals surface area contributed by atoms with Gasteiger partial charge in [0.2, 0.25) is 6.29 Å². The Kier molecular flexibility index (Phi) is 3.41. The molecule has 2 bridgehead atoms. The first-order chi connectivity index (χ1) is 12.1. The summed E-state index contributed by atoms with van der Waals surface area (Å²) in [5, 5.41) is 10.7. The molecule has 1 aromatic rings. The highest BCUT2D eigenvalue weighted by molar-refractivity contribution is 5.74. The largest absolute Gasteiger partial charge is 0.497 e. The molecular formula is C20H25NO4. The summed E-state index contributed by atoms with van der Waals surface area (Å²) < 4.78 is 10.7. The first-order valence-corrected chi connectivity index (χ1v) is 9.40. The number of nitrogens with zero attached hydrogens (tertiary/aromatic N) is 1. The average molecular weight is 343 g/mol. The van der Waals surface area contributed by atoms with Crippen LogP contribution in [0.5, 0.6) is 5.75 Å². The van der Waals surface area contributed by atoms with Crippen LogP contribution in [0.2, 0.25) is 0 Å². The van der Waals surface area contributed by atoms with Crippen molar-refractivity contribution in [3.05, 3.63) is 29.3 Å². The van der Waals surface area contributed by atoms with Gasteiger partial charge < -0.3 is 14.6 Å². The zero-order valence-corrected chi connectivity index (χ0v) is 14.6. The third-order valence-corrected chi connectivity index (χ3v) is 6.86. The summed E-state index contributed by atoms with van der Waals surface area (Å²) in [6, 6.07) is 6.49. The molecule has 1 saturated carbocycles. The van der Waals surface area contributed by atoms with E-state index in [2.05, 4.69) is 17.0 Å². The Labute approximate surface area is 147 Å². The fourth-order valence-electron chi connectivity index (χ4n) is 5.52. The number of benzene rings is 1. The van der Waals surface area contributed by atoms with Gasteiger partial charge in [-0.2, -0.15) is 0 Å². The van der Waals surface area contributed by atoms with E-state index in [1.54, 1.807) is 7.11 Å². The van der Waals surface area contributed by atoms with Gasteiger partial charge >= 0.3 is 5.97 Å². The summed E-state index contributed by atoms with van der Waals surface area (Å²) in [5.41, 5.74) is 2.17. The number of cyclic esters (lactones) is 1. The molecule has 1 aromatic carbocycles. The monoisotopic (exact) mass is 343 g/mol. The van der Waals surface area contributed by atoms with Gasteiger partial charge in [0.05, 0.1) is 13.5 Å². The molecule has 0 aromatic heterocycles. The number of esters is 1. The lowest BCUT2D eigenvalue weighted by atomic mass is 9.55. The molecule has 4 atom stereocenters. The first kappa shape index (κ1) is 15.6.